The molecule has 0 radical (unpaired) electrons. The summed E-state index contributed by atoms with van der Waals surface area (Å²) in [6.45, 7) is 0.952. The van der Waals surface area contributed by atoms with E-state index in [1.54, 1.807) is 12.1 Å². The van der Waals surface area contributed by atoms with Crippen LogP contribution in [0.15, 0.2) is 57.4 Å². The molecule has 3 heterocycles. The van der Waals surface area contributed by atoms with E-state index in [1.165, 1.54) is 27.8 Å². The lowest BCUT2D eigenvalue weighted by molar-refractivity contribution is -0.116. The number of aromatic nitrogens is 3. The minimum atomic E-state index is -0.204. The molecule has 0 atom stereocenters. The van der Waals surface area contributed by atoms with Crippen LogP contribution in [-0.4, -0.2) is 27.0 Å². The number of ether oxygens (including phenoxy) is 1. The summed E-state index contributed by atoms with van der Waals surface area (Å²) >= 11 is 4.75. The fourth-order valence-corrected chi connectivity index (χ4v) is 4.60. The molecule has 0 fully saturated rings. The number of hydrogen-bond donors (Lipinski definition) is 1. The lowest BCUT2D eigenvalue weighted by Crippen LogP contribution is -2.23. The Hall–Kier alpha value is -3.04. The van der Waals surface area contributed by atoms with Crippen molar-refractivity contribution in [2.24, 2.45) is 0 Å². The first-order valence-electron chi connectivity index (χ1n) is 9.73. The Bertz CT molecular complexity index is 1360. The van der Waals surface area contributed by atoms with Crippen molar-refractivity contribution in [3.63, 3.8) is 0 Å². The number of nitrogens with zero attached hydrogens (tertiary/aromatic N) is 3. The van der Waals surface area contributed by atoms with Crippen molar-refractivity contribution in [2.45, 2.75) is 19.4 Å². The molecule has 1 N–H and O–H groups in total. The molecule has 0 saturated carbocycles. The van der Waals surface area contributed by atoms with Gasteiger partial charge < -0.3 is 10.1 Å². The number of carbonyl (C=O) groups excluding carboxylic acids is 1. The maximum atomic E-state index is 12.6. The molecule has 1 aliphatic heterocycles. The average molecular weight is 497 g/mol. The number of benzene rings is 2. The molecule has 31 heavy (non-hydrogen) atoms. The van der Waals surface area contributed by atoms with Crippen molar-refractivity contribution in [1.29, 1.82) is 0 Å². The van der Waals surface area contributed by atoms with Gasteiger partial charge in [0.05, 0.1) is 29.5 Å². The highest BCUT2D eigenvalue weighted by atomic mass is 79.9. The summed E-state index contributed by atoms with van der Waals surface area (Å²) < 4.78 is 7.81. The summed E-state index contributed by atoms with van der Waals surface area (Å²) in [7, 11) is 0. The highest BCUT2D eigenvalue weighted by Crippen LogP contribution is 2.32. The molecular formula is C22H17BrN4O3S. The van der Waals surface area contributed by atoms with Crippen LogP contribution in [-0.2, 0) is 17.8 Å². The van der Waals surface area contributed by atoms with Gasteiger partial charge in [-0.15, -0.1) is 11.3 Å². The molecule has 2 aromatic carbocycles. The van der Waals surface area contributed by atoms with Crippen molar-refractivity contribution in [2.75, 3.05) is 11.9 Å². The first-order chi connectivity index (χ1) is 15.1. The first kappa shape index (κ1) is 19.9. The molecule has 156 valence electrons. The minimum absolute atomic E-state index is 0.145. The SMILES string of the molecule is O=C(CCn1cnc2ccc(Br)cc2c1=O)Nc1nc(-c2ccc3c(c2)CCO3)cs1. The van der Waals surface area contributed by atoms with Gasteiger partial charge >= 0.3 is 0 Å². The third-order valence-electron chi connectivity index (χ3n) is 5.10. The Balaban J connectivity index is 1.25. The molecule has 7 nitrogen and oxygen atoms in total. The van der Waals surface area contributed by atoms with Crippen molar-refractivity contribution in [3.8, 4) is 17.0 Å². The van der Waals surface area contributed by atoms with E-state index in [0.29, 0.717) is 22.6 Å². The Morgan fingerprint density at radius 1 is 1.26 bits per heavy atom. The van der Waals surface area contributed by atoms with Gasteiger partial charge in [-0.1, -0.05) is 15.9 Å². The Morgan fingerprint density at radius 3 is 3.06 bits per heavy atom. The quantitative estimate of drug-likeness (QED) is 0.446. The first-order valence-corrected chi connectivity index (χ1v) is 11.4. The molecule has 0 saturated heterocycles. The molecule has 4 aromatic rings. The summed E-state index contributed by atoms with van der Waals surface area (Å²) in [4.78, 5) is 33.9. The Morgan fingerprint density at radius 2 is 2.16 bits per heavy atom. The van der Waals surface area contributed by atoms with Crippen molar-refractivity contribution in [1.82, 2.24) is 14.5 Å². The van der Waals surface area contributed by atoms with E-state index in [-0.39, 0.29) is 24.4 Å². The number of rotatable bonds is 5. The number of fused-ring (bicyclic) bond motifs is 2. The lowest BCUT2D eigenvalue weighted by atomic mass is 10.1. The van der Waals surface area contributed by atoms with Crippen LogP contribution < -0.4 is 15.6 Å². The summed E-state index contributed by atoms with van der Waals surface area (Å²) in [6.07, 6.45) is 2.52. The van der Waals surface area contributed by atoms with E-state index >= 15 is 0 Å². The monoisotopic (exact) mass is 496 g/mol. The number of anilines is 1. The van der Waals surface area contributed by atoms with E-state index in [9.17, 15) is 9.59 Å². The fraction of sp³-hybridized carbons (Fsp3) is 0.182. The number of amides is 1. The van der Waals surface area contributed by atoms with E-state index in [4.69, 9.17) is 4.74 Å². The zero-order valence-electron chi connectivity index (χ0n) is 16.3. The smallest absolute Gasteiger partial charge is 0.261 e. The number of hydrogen-bond acceptors (Lipinski definition) is 6. The fourth-order valence-electron chi connectivity index (χ4n) is 3.50. The summed E-state index contributed by atoms with van der Waals surface area (Å²) in [6, 6.07) is 11.4. The standard InChI is InChI=1S/C22H17BrN4O3S/c23-15-2-3-17-16(10-15)21(29)27(12-24-17)7-5-20(28)26-22-25-18(11-31-22)13-1-4-19-14(9-13)6-8-30-19/h1-4,9-12H,5-8H2,(H,25,26,28). The van der Waals surface area contributed by atoms with Crippen LogP contribution in [0.1, 0.15) is 12.0 Å². The highest BCUT2D eigenvalue weighted by Gasteiger charge is 2.15. The van der Waals surface area contributed by atoms with Gasteiger partial charge in [0.15, 0.2) is 5.13 Å². The average Bonchev–Trinajstić information content (AvgIpc) is 3.42. The van der Waals surface area contributed by atoms with Gasteiger partial charge in [-0.3, -0.25) is 14.2 Å². The molecule has 2 aromatic heterocycles. The predicted octanol–water partition coefficient (Wildman–Crippen LogP) is 4.25. The van der Waals surface area contributed by atoms with Crippen LogP contribution in [0.4, 0.5) is 5.13 Å². The molecule has 0 bridgehead atoms. The molecule has 0 spiro atoms. The maximum Gasteiger partial charge on any atom is 0.261 e. The molecule has 0 aliphatic carbocycles. The lowest BCUT2D eigenvalue weighted by Gasteiger charge is -2.07. The zero-order chi connectivity index (χ0) is 21.4. The summed E-state index contributed by atoms with van der Waals surface area (Å²) in [5, 5.41) is 5.79. The topological polar surface area (TPSA) is 86.1 Å². The van der Waals surface area contributed by atoms with Crippen molar-refractivity contribution in [3.05, 3.63) is 68.5 Å². The molecule has 1 aliphatic rings. The van der Waals surface area contributed by atoms with Crippen LogP contribution in [0.2, 0.25) is 0 Å². The van der Waals surface area contributed by atoms with Crippen LogP contribution in [0.5, 0.6) is 5.75 Å². The van der Waals surface area contributed by atoms with E-state index in [2.05, 4.69) is 37.3 Å². The van der Waals surface area contributed by atoms with E-state index < -0.39 is 0 Å². The Kier molecular flexibility index (Phi) is 5.29. The Labute approximate surface area is 189 Å². The molecule has 0 unspecified atom stereocenters. The molecule has 9 heteroatoms. The van der Waals surface area contributed by atoms with Gasteiger partial charge in [0.2, 0.25) is 5.91 Å². The molecular weight excluding hydrogens is 480 g/mol. The van der Waals surface area contributed by atoms with Gasteiger partial charge in [0, 0.05) is 34.8 Å². The normalized spacial score (nSPS) is 12.5. The third-order valence-corrected chi connectivity index (χ3v) is 6.35. The van der Waals surface area contributed by atoms with Crippen LogP contribution in [0.25, 0.3) is 22.2 Å². The molecule has 5 rings (SSSR count). The second-order valence-electron chi connectivity index (χ2n) is 7.16. The van der Waals surface area contributed by atoms with Gasteiger partial charge in [-0.25, -0.2) is 9.97 Å². The summed E-state index contributed by atoms with van der Waals surface area (Å²) in [5.74, 6) is 0.725. The van der Waals surface area contributed by atoms with E-state index in [0.717, 1.165) is 27.9 Å². The van der Waals surface area contributed by atoms with Crippen LogP contribution in [0.3, 0.4) is 0 Å². The van der Waals surface area contributed by atoms with Gasteiger partial charge in [0.25, 0.3) is 5.56 Å². The zero-order valence-corrected chi connectivity index (χ0v) is 18.7. The minimum Gasteiger partial charge on any atom is -0.493 e. The number of nitrogens with one attached hydrogen (secondary N) is 1. The van der Waals surface area contributed by atoms with Crippen molar-refractivity contribution >= 4 is 49.2 Å². The van der Waals surface area contributed by atoms with Gasteiger partial charge in [0.1, 0.15) is 5.75 Å². The number of thiazole rings is 1. The summed E-state index contributed by atoms with van der Waals surface area (Å²) in [5.41, 5.74) is 3.45. The van der Waals surface area contributed by atoms with Crippen molar-refractivity contribution < 1.29 is 9.53 Å². The number of carbonyl (C=O) groups is 1. The van der Waals surface area contributed by atoms with Crippen LogP contribution in [0, 0.1) is 0 Å². The van der Waals surface area contributed by atoms with Gasteiger partial charge in [-0.2, -0.15) is 0 Å². The van der Waals surface area contributed by atoms with Crippen LogP contribution >= 0.6 is 27.3 Å². The van der Waals surface area contributed by atoms with Gasteiger partial charge in [-0.05, 0) is 42.0 Å². The third kappa shape index (κ3) is 4.11. The number of halogens is 1. The predicted molar refractivity (Wildman–Crippen MR) is 124 cm³/mol. The van der Waals surface area contributed by atoms with E-state index in [1.807, 2.05) is 23.6 Å². The number of aryl methyl sites for hydroxylation is 1. The second kappa shape index (κ2) is 8.24. The maximum absolute atomic E-state index is 12.6. The largest absolute Gasteiger partial charge is 0.493 e. The molecule has 1 amide bonds. The highest BCUT2D eigenvalue weighted by molar-refractivity contribution is 9.10. The second-order valence-corrected chi connectivity index (χ2v) is 8.94.